The van der Waals surface area contributed by atoms with Gasteiger partial charge < -0.3 is 15.0 Å². The van der Waals surface area contributed by atoms with Crippen molar-refractivity contribution in [3.8, 4) is 5.75 Å². The van der Waals surface area contributed by atoms with E-state index in [4.69, 9.17) is 4.74 Å². The van der Waals surface area contributed by atoms with Gasteiger partial charge in [-0.2, -0.15) is 11.8 Å². The lowest BCUT2D eigenvalue weighted by molar-refractivity contribution is 0.300. The summed E-state index contributed by atoms with van der Waals surface area (Å²) >= 11 is 1.89. The Labute approximate surface area is 145 Å². The summed E-state index contributed by atoms with van der Waals surface area (Å²) in [4.78, 5) is 19.9. The van der Waals surface area contributed by atoms with Crippen molar-refractivity contribution in [2.45, 2.75) is 36.7 Å². The number of rotatable bonds is 6. The molecule has 2 aromatic rings. The van der Waals surface area contributed by atoms with Gasteiger partial charge in [0.2, 0.25) is 0 Å². The molecule has 2 heterocycles. The van der Waals surface area contributed by atoms with Crippen molar-refractivity contribution in [1.29, 1.82) is 0 Å². The van der Waals surface area contributed by atoms with Gasteiger partial charge in [-0.1, -0.05) is 0 Å². The molecule has 1 saturated carbocycles. The molecule has 4 rings (SSSR count). The third kappa shape index (κ3) is 3.92. The van der Waals surface area contributed by atoms with E-state index in [-0.39, 0.29) is 5.56 Å². The Kier molecular flexibility index (Phi) is 4.76. The SMILES string of the molecule is O=c1[nH]c(CSC2CCNCC2)nc2cc(OCC3CC3)ccc12. The topological polar surface area (TPSA) is 67.0 Å². The van der Waals surface area contributed by atoms with Crippen LogP contribution in [0.3, 0.4) is 0 Å². The molecule has 0 unspecified atom stereocenters. The van der Waals surface area contributed by atoms with Crippen LogP contribution in [0.2, 0.25) is 0 Å². The minimum Gasteiger partial charge on any atom is -0.493 e. The van der Waals surface area contributed by atoms with Gasteiger partial charge in [-0.25, -0.2) is 4.98 Å². The summed E-state index contributed by atoms with van der Waals surface area (Å²) < 4.78 is 5.81. The average Bonchev–Trinajstić information content (AvgIpc) is 3.43. The first-order chi connectivity index (χ1) is 11.8. The molecule has 0 bridgehead atoms. The molecular formula is C18H23N3O2S. The first kappa shape index (κ1) is 16.0. The summed E-state index contributed by atoms with van der Waals surface area (Å²) in [6.45, 7) is 2.94. The Balaban J connectivity index is 1.48. The number of fused-ring (bicyclic) bond motifs is 1. The molecule has 1 aromatic carbocycles. The van der Waals surface area contributed by atoms with Gasteiger partial charge in [0.05, 0.1) is 23.3 Å². The Morgan fingerprint density at radius 1 is 1.21 bits per heavy atom. The number of H-pyrrole nitrogens is 1. The van der Waals surface area contributed by atoms with Crippen LogP contribution in [0.1, 0.15) is 31.5 Å². The van der Waals surface area contributed by atoms with Crippen LogP contribution in [0.5, 0.6) is 5.75 Å². The molecule has 1 aromatic heterocycles. The zero-order chi connectivity index (χ0) is 16.4. The Morgan fingerprint density at radius 2 is 2.04 bits per heavy atom. The second-order valence-electron chi connectivity index (χ2n) is 6.71. The maximum atomic E-state index is 12.3. The molecule has 1 aliphatic heterocycles. The van der Waals surface area contributed by atoms with Crippen LogP contribution in [0.15, 0.2) is 23.0 Å². The highest BCUT2D eigenvalue weighted by molar-refractivity contribution is 7.99. The maximum Gasteiger partial charge on any atom is 0.258 e. The molecule has 24 heavy (non-hydrogen) atoms. The third-order valence-electron chi connectivity index (χ3n) is 4.65. The van der Waals surface area contributed by atoms with E-state index in [0.717, 1.165) is 42.5 Å². The lowest BCUT2D eigenvalue weighted by Gasteiger charge is -2.21. The summed E-state index contributed by atoms with van der Waals surface area (Å²) in [6.07, 6.45) is 4.90. The lowest BCUT2D eigenvalue weighted by Crippen LogP contribution is -2.29. The number of aromatic nitrogens is 2. The minimum atomic E-state index is -0.0605. The van der Waals surface area contributed by atoms with Gasteiger partial charge in [-0.3, -0.25) is 4.79 Å². The summed E-state index contributed by atoms with van der Waals surface area (Å²) in [5.74, 6) is 3.04. The van der Waals surface area contributed by atoms with Crippen LogP contribution in [-0.4, -0.2) is 34.9 Å². The Morgan fingerprint density at radius 3 is 2.83 bits per heavy atom. The predicted octanol–water partition coefficient (Wildman–Crippen LogP) is 2.70. The molecular weight excluding hydrogens is 322 g/mol. The summed E-state index contributed by atoms with van der Waals surface area (Å²) in [6, 6.07) is 5.57. The van der Waals surface area contributed by atoms with Crippen LogP contribution in [0.4, 0.5) is 0 Å². The van der Waals surface area contributed by atoms with Crippen molar-refractivity contribution in [3.63, 3.8) is 0 Å². The van der Waals surface area contributed by atoms with Gasteiger partial charge in [0.1, 0.15) is 11.6 Å². The molecule has 1 saturated heterocycles. The van der Waals surface area contributed by atoms with Crippen LogP contribution in [0.25, 0.3) is 10.9 Å². The number of hydrogen-bond donors (Lipinski definition) is 2. The fraction of sp³-hybridized carbons (Fsp3) is 0.556. The molecule has 2 aliphatic rings. The zero-order valence-corrected chi connectivity index (χ0v) is 14.5. The van der Waals surface area contributed by atoms with Gasteiger partial charge >= 0.3 is 0 Å². The van der Waals surface area contributed by atoms with E-state index >= 15 is 0 Å². The highest BCUT2D eigenvalue weighted by atomic mass is 32.2. The van der Waals surface area contributed by atoms with E-state index in [2.05, 4.69) is 15.3 Å². The molecule has 2 fully saturated rings. The van der Waals surface area contributed by atoms with Crippen molar-refractivity contribution in [3.05, 3.63) is 34.4 Å². The second kappa shape index (κ2) is 7.15. The quantitative estimate of drug-likeness (QED) is 0.843. The number of nitrogens with zero attached hydrogens (tertiary/aromatic N) is 1. The molecule has 0 amide bonds. The standard InChI is InChI=1S/C18H23N3O2S/c22-18-15-4-3-13(23-10-12-1-2-12)9-16(15)20-17(21-18)11-24-14-5-7-19-8-6-14/h3-4,9,12,14,19H,1-2,5-8,10-11H2,(H,20,21,22). The number of piperidine rings is 1. The van der Waals surface area contributed by atoms with Crippen LogP contribution < -0.4 is 15.6 Å². The first-order valence-corrected chi connectivity index (χ1v) is 9.81. The average molecular weight is 345 g/mol. The molecule has 2 N–H and O–H groups in total. The normalized spacial score (nSPS) is 18.8. The van der Waals surface area contributed by atoms with E-state index in [0.29, 0.717) is 16.6 Å². The molecule has 5 nitrogen and oxygen atoms in total. The Bertz CT molecular complexity index is 766. The van der Waals surface area contributed by atoms with Gasteiger partial charge in [-0.05, 0) is 56.8 Å². The molecule has 6 heteroatoms. The highest BCUT2D eigenvalue weighted by Crippen LogP contribution is 2.30. The lowest BCUT2D eigenvalue weighted by atomic mass is 10.2. The van der Waals surface area contributed by atoms with E-state index in [1.807, 2.05) is 30.0 Å². The fourth-order valence-corrected chi connectivity index (χ4v) is 4.08. The monoisotopic (exact) mass is 345 g/mol. The molecule has 0 atom stereocenters. The molecule has 0 radical (unpaired) electrons. The minimum absolute atomic E-state index is 0.0605. The number of hydrogen-bond acceptors (Lipinski definition) is 5. The summed E-state index contributed by atoms with van der Waals surface area (Å²) in [5.41, 5.74) is 0.669. The van der Waals surface area contributed by atoms with Gasteiger partial charge in [0, 0.05) is 11.3 Å². The van der Waals surface area contributed by atoms with E-state index in [1.54, 1.807) is 0 Å². The summed E-state index contributed by atoms with van der Waals surface area (Å²) in [7, 11) is 0. The van der Waals surface area contributed by atoms with Crippen molar-refractivity contribution >= 4 is 22.7 Å². The molecule has 128 valence electrons. The van der Waals surface area contributed by atoms with Gasteiger partial charge in [-0.15, -0.1) is 0 Å². The van der Waals surface area contributed by atoms with Crippen LogP contribution in [0, 0.1) is 5.92 Å². The number of ether oxygens (including phenoxy) is 1. The molecule has 0 spiro atoms. The van der Waals surface area contributed by atoms with Crippen molar-refractivity contribution < 1.29 is 4.74 Å². The highest BCUT2D eigenvalue weighted by Gasteiger charge is 2.22. The number of aromatic amines is 1. The van der Waals surface area contributed by atoms with Crippen LogP contribution >= 0.6 is 11.8 Å². The first-order valence-electron chi connectivity index (χ1n) is 8.76. The van der Waals surface area contributed by atoms with Gasteiger partial charge in [0.15, 0.2) is 0 Å². The smallest absolute Gasteiger partial charge is 0.258 e. The largest absolute Gasteiger partial charge is 0.493 e. The van der Waals surface area contributed by atoms with E-state index in [1.165, 1.54) is 25.7 Å². The van der Waals surface area contributed by atoms with Crippen molar-refractivity contribution in [2.24, 2.45) is 5.92 Å². The van der Waals surface area contributed by atoms with E-state index < -0.39 is 0 Å². The van der Waals surface area contributed by atoms with Crippen molar-refractivity contribution in [2.75, 3.05) is 19.7 Å². The zero-order valence-electron chi connectivity index (χ0n) is 13.7. The number of thioether (sulfide) groups is 1. The fourth-order valence-electron chi connectivity index (χ4n) is 2.98. The van der Waals surface area contributed by atoms with Gasteiger partial charge in [0.25, 0.3) is 5.56 Å². The van der Waals surface area contributed by atoms with Crippen LogP contribution in [-0.2, 0) is 5.75 Å². The van der Waals surface area contributed by atoms with E-state index in [9.17, 15) is 4.79 Å². The molecule has 1 aliphatic carbocycles. The third-order valence-corrected chi connectivity index (χ3v) is 6.03. The summed E-state index contributed by atoms with van der Waals surface area (Å²) in [5, 5.41) is 4.66. The second-order valence-corrected chi connectivity index (χ2v) is 7.99. The maximum absolute atomic E-state index is 12.3. The van der Waals surface area contributed by atoms with Crippen molar-refractivity contribution in [1.82, 2.24) is 15.3 Å². The number of benzene rings is 1. The predicted molar refractivity (Wildman–Crippen MR) is 97.8 cm³/mol. The number of nitrogens with one attached hydrogen (secondary N) is 2. The Hall–Kier alpha value is -1.53.